The summed E-state index contributed by atoms with van der Waals surface area (Å²) in [5.74, 6) is 0.451. The first-order valence-electron chi connectivity index (χ1n) is 6.95. The van der Waals surface area contributed by atoms with Crippen molar-refractivity contribution < 1.29 is 9.31 Å². The van der Waals surface area contributed by atoms with Crippen LogP contribution in [0.1, 0.15) is 45.6 Å². The first-order chi connectivity index (χ1) is 8.93. The van der Waals surface area contributed by atoms with Crippen LogP contribution in [0.5, 0.6) is 0 Å². The number of hydrogen-bond acceptors (Lipinski definition) is 2. The van der Waals surface area contributed by atoms with Gasteiger partial charge >= 0.3 is 7.12 Å². The van der Waals surface area contributed by atoms with Gasteiger partial charge in [0.25, 0.3) is 0 Å². The van der Waals surface area contributed by atoms with Gasteiger partial charge in [0, 0.05) is 23.7 Å². The summed E-state index contributed by atoms with van der Waals surface area (Å²) in [6.45, 7) is 10.1. The fraction of sp³-hybridized carbons (Fsp3) is 0.600. The molecule has 1 aromatic carbocycles. The van der Waals surface area contributed by atoms with E-state index in [1.807, 2.05) is 12.1 Å². The van der Waals surface area contributed by atoms with Gasteiger partial charge in [0.2, 0.25) is 0 Å². The van der Waals surface area contributed by atoms with Gasteiger partial charge in [0.1, 0.15) is 0 Å². The third-order valence-corrected chi connectivity index (χ3v) is 4.03. The van der Waals surface area contributed by atoms with Crippen molar-refractivity contribution in [1.29, 1.82) is 0 Å². The number of hydrogen-bond donors (Lipinski definition) is 0. The Morgan fingerprint density at radius 1 is 1.32 bits per heavy atom. The van der Waals surface area contributed by atoms with Crippen LogP contribution in [0.3, 0.4) is 0 Å². The molecule has 0 bridgehead atoms. The monoisotopic (exact) mass is 280 g/mol. The summed E-state index contributed by atoms with van der Waals surface area (Å²) >= 11 is 6.27. The van der Waals surface area contributed by atoms with Crippen LogP contribution < -0.4 is 5.46 Å². The fourth-order valence-electron chi connectivity index (χ4n) is 2.19. The molecule has 1 unspecified atom stereocenters. The van der Waals surface area contributed by atoms with Gasteiger partial charge in [-0.2, -0.15) is 0 Å². The zero-order chi connectivity index (χ0) is 14.0. The van der Waals surface area contributed by atoms with Crippen LogP contribution in [-0.4, -0.2) is 20.3 Å². The van der Waals surface area contributed by atoms with E-state index in [9.17, 15) is 0 Å². The Hall–Kier alpha value is -0.505. The second-order valence-corrected chi connectivity index (χ2v) is 6.62. The Morgan fingerprint density at radius 2 is 1.95 bits per heavy atom. The smallest absolute Gasteiger partial charge is 0.407 e. The average molecular weight is 281 g/mol. The second kappa shape index (κ2) is 5.86. The highest BCUT2D eigenvalue weighted by molar-refractivity contribution is 6.61. The molecule has 4 heteroatoms. The molecular weight excluding hydrogens is 258 g/mol. The minimum Gasteiger partial charge on any atom is -0.407 e. The van der Waals surface area contributed by atoms with Gasteiger partial charge in [0.15, 0.2) is 0 Å². The normalized spacial score (nSPS) is 20.4. The molecule has 1 fully saturated rings. The summed E-state index contributed by atoms with van der Waals surface area (Å²) in [7, 11) is -0.256. The highest BCUT2D eigenvalue weighted by Gasteiger charge is 2.33. The standard InChI is InChI=1S/C15H22BClO2/c1-5-11(2)13-8-12(6-7-14(13)17)16-18-9-15(3,4)10-19-16/h6-8,11H,5,9-10H2,1-4H3. The van der Waals surface area contributed by atoms with E-state index < -0.39 is 0 Å². The van der Waals surface area contributed by atoms with Gasteiger partial charge in [-0.05, 0) is 29.4 Å². The van der Waals surface area contributed by atoms with E-state index in [4.69, 9.17) is 20.9 Å². The van der Waals surface area contributed by atoms with Gasteiger partial charge in [0.05, 0.1) is 0 Å². The van der Waals surface area contributed by atoms with Crippen LogP contribution in [0.2, 0.25) is 5.02 Å². The van der Waals surface area contributed by atoms with Crippen molar-refractivity contribution in [3.8, 4) is 0 Å². The van der Waals surface area contributed by atoms with Crippen molar-refractivity contribution in [2.75, 3.05) is 13.2 Å². The molecule has 0 spiro atoms. The van der Waals surface area contributed by atoms with Crippen LogP contribution in [0.4, 0.5) is 0 Å². The fourth-order valence-corrected chi connectivity index (χ4v) is 2.49. The maximum Gasteiger partial charge on any atom is 0.493 e. The van der Waals surface area contributed by atoms with Gasteiger partial charge in [-0.3, -0.25) is 0 Å². The predicted molar refractivity (Wildman–Crippen MR) is 81.2 cm³/mol. The van der Waals surface area contributed by atoms with Crippen molar-refractivity contribution in [1.82, 2.24) is 0 Å². The van der Waals surface area contributed by atoms with E-state index in [0.29, 0.717) is 5.92 Å². The average Bonchev–Trinajstić information content (AvgIpc) is 2.39. The van der Waals surface area contributed by atoms with Crippen molar-refractivity contribution >= 4 is 24.2 Å². The largest absolute Gasteiger partial charge is 0.493 e. The Morgan fingerprint density at radius 3 is 2.53 bits per heavy atom. The summed E-state index contributed by atoms with van der Waals surface area (Å²) < 4.78 is 11.6. The lowest BCUT2D eigenvalue weighted by atomic mass is 9.74. The molecule has 2 rings (SSSR count). The molecule has 1 aliphatic heterocycles. The topological polar surface area (TPSA) is 18.5 Å². The second-order valence-electron chi connectivity index (χ2n) is 6.21. The molecular formula is C15H22BClO2. The van der Waals surface area contributed by atoms with Crippen LogP contribution in [0, 0.1) is 5.41 Å². The van der Waals surface area contributed by atoms with Crippen LogP contribution in [-0.2, 0) is 9.31 Å². The molecule has 19 heavy (non-hydrogen) atoms. The van der Waals surface area contributed by atoms with Crippen molar-refractivity contribution in [3.63, 3.8) is 0 Å². The highest BCUT2D eigenvalue weighted by atomic mass is 35.5. The molecule has 1 aromatic rings. The van der Waals surface area contributed by atoms with Gasteiger partial charge in [-0.15, -0.1) is 0 Å². The minimum absolute atomic E-state index is 0.0997. The molecule has 0 N–H and O–H groups in total. The molecule has 0 aliphatic carbocycles. The third-order valence-electron chi connectivity index (χ3n) is 3.69. The third kappa shape index (κ3) is 3.53. The van der Waals surface area contributed by atoms with Gasteiger partial charge < -0.3 is 9.31 Å². The van der Waals surface area contributed by atoms with E-state index in [1.54, 1.807) is 0 Å². The lowest BCUT2D eigenvalue weighted by Gasteiger charge is -2.33. The maximum absolute atomic E-state index is 6.27. The van der Waals surface area contributed by atoms with Gasteiger partial charge in [-0.25, -0.2) is 0 Å². The summed E-state index contributed by atoms with van der Waals surface area (Å²) in [6.07, 6.45) is 1.07. The Labute approximate surface area is 121 Å². The molecule has 104 valence electrons. The van der Waals surface area contributed by atoms with Crippen LogP contribution in [0.25, 0.3) is 0 Å². The molecule has 0 aromatic heterocycles. The van der Waals surface area contributed by atoms with Gasteiger partial charge in [-0.1, -0.05) is 51.4 Å². The zero-order valence-electron chi connectivity index (χ0n) is 12.2. The molecule has 0 radical (unpaired) electrons. The molecule has 0 saturated carbocycles. The first-order valence-corrected chi connectivity index (χ1v) is 7.33. The van der Waals surface area contributed by atoms with Crippen molar-refractivity contribution in [3.05, 3.63) is 28.8 Å². The van der Waals surface area contributed by atoms with E-state index in [2.05, 4.69) is 33.8 Å². The van der Waals surface area contributed by atoms with E-state index in [1.165, 1.54) is 5.56 Å². The quantitative estimate of drug-likeness (QED) is 0.787. The molecule has 1 aliphatic rings. The first kappa shape index (κ1) is 14.9. The van der Waals surface area contributed by atoms with E-state index in [0.717, 1.165) is 30.1 Å². The summed E-state index contributed by atoms with van der Waals surface area (Å²) in [4.78, 5) is 0. The number of benzene rings is 1. The number of rotatable bonds is 3. The Kier molecular flexibility index (Phi) is 4.60. The molecule has 1 heterocycles. The lowest BCUT2D eigenvalue weighted by molar-refractivity contribution is 0.0343. The van der Waals surface area contributed by atoms with Crippen LogP contribution in [0.15, 0.2) is 18.2 Å². The lowest BCUT2D eigenvalue weighted by Crippen LogP contribution is -2.47. The summed E-state index contributed by atoms with van der Waals surface area (Å²) in [5.41, 5.74) is 2.34. The molecule has 1 saturated heterocycles. The Balaban J connectivity index is 2.17. The highest BCUT2D eigenvalue weighted by Crippen LogP contribution is 2.27. The van der Waals surface area contributed by atoms with Crippen LogP contribution >= 0.6 is 11.6 Å². The summed E-state index contributed by atoms with van der Waals surface area (Å²) in [5, 5.41) is 0.828. The summed E-state index contributed by atoms with van der Waals surface area (Å²) in [6, 6.07) is 6.07. The van der Waals surface area contributed by atoms with E-state index in [-0.39, 0.29) is 12.5 Å². The predicted octanol–water partition coefficient (Wildman–Crippen LogP) is 3.62. The maximum atomic E-state index is 6.27. The zero-order valence-corrected chi connectivity index (χ0v) is 13.0. The molecule has 1 atom stereocenters. The SMILES string of the molecule is CCC(C)c1cc(B2OCC(C)(C)CO2)ccc1Cl. The number of halogens is 1. The molecule has 0 amide bonds. The van der Waals surface area contributed by atoms with Crippen molar-refractivity contribution in [2.45, 2.75) is 40.0 Å². The minimum atomic E-state index is -0.256. The Bertz CT molecular complexity index is 438. The van der Waals surface area contributed by atoms with E-state index >= 15 is 0 Å². The van der Waals surface area contributed by atoms with Crippen molar-refractivity contribution in [2.24, 2.45) is 5.41 Å². The molecule has 2 nitrogen and oxygen atoms in total.